The minimum absolute atomic E-state index is 0.00580. The second-order valence-electron chi connectivity index (χ2n) is 7.86. The molecular weight excluding hydrogens is 338 g/mol. The third-order valence-electron chi connectivity index (χ3n) is 5.00. The fraction of sp³-hybridized carbons (Fsp3) is 0.429. The van der Waals surface area contributed by atoms with Gasteiger partial charge in [0, 0.05) is 11.9 Å². The minimum Gasteiger partial charge on any atom is -0.342 e. The number of nitrogens with one attached hydrogen (secondary N) is 1. The van der Waals surface area contributed by atoms with E-state index in [1.165, 1.54) is 5.56 Å². The molecule has 1 saturated carbocycles. The normalized spacial score (nSPS) is 15.3. The van der Waals surface area contributed by atoms with Crippen molar-refractivity contribution in [3.63, 3.8) is 0 Å². The Morgan fingerprint density at radius 3 is 2.59 bits per heavy atom. The summed E-state index contributed by atoms with van der Waals surface area (Å²) in [5.74, 6) is 1.48. The minimum atomic E-state index is -0.247. The summed E-state index contributed by atoms with van der Waals surface area (Å²) in [6, 6.07) is 10.5. The van der Waals surface area contributed by atoms with E-state index in [1.54, 1.807) is 10.7 Å². The van der Waals surface area contributed by atoms with Crippen LogP contribution in [0.15, 0.2) is 36.5 Å². The molecule has 3 aromatic rings. The van der Waals surface area contributed by atoms with Gasteiger partial charge in [0.05, 0.1) is 6.04 Å². The molecule has 0 aliphatic heterocycles. The second-order valence-corrected chi connectivity index (χ2v) is 7.86. The lowest BCUT2D eigenvalue weighted by atomic mass is 9.97. The Hall–Kier alpha value is -2.76. The number of benzene rings is 1. The first-order chi connectivity index (χ1) is 13.0. The largest absolute Gasteiger partial charge is 0.342 e. The van der Waals surface area contributed by atoms with Crippen LogP contribution in [0.4, 0.5) is 0 Å². The van der Waals surface area contributed by atoms with Crippen molar-refractivity contribution in [1.29, 1.82) is 0 Å². The second kappa shape index (κ2) is 7.10. The summed E-state index contributed by atoms with van der Waals surface area (Å²) in [5.41, 5.74) is 3.38. The van der Waals surface area contributed by atoms with Crippen molar-refractivity contribution in [2.75, 3.05) is 0 Å². The Bertz CT molecular complexity index is 956. The maximum atomic E-state index is 12.8. The lowest BCUT2D eigenvalue weighted by Gasteiger charge is -2.18. The highest BCUT2D eigenvalue weighted by Crippen LogP contribution is 2.41. The first-order valence-corrected chi connectivity index (χ1v) is 9.59. The van der Waals surface area contributed by atoms with Gasteiger partial charge in [0.1, 0.15) is 0 Å². The number of rotatable bonds is 6. The van der Waals surface area contributed by atoms with Crippen LogP contribution >= 0.6 is 0 Å². The van der Waals surface area contributed by atoms with Crippen molar-refractivity contribution >= 4 is 11.7 Å². The highest BCUT2D eigenvalue weighted by molar-refractivity contribution is 5.91. The zero-order valence-electron chi connectivity index (χ0n) is 16.0. The number of amides is 1. The number of nitrogens with zero attached hydrogens (tertiary/aromatic N) is 4. The number of hydrogen-bond donors (Lipinski definition) is 1. The molecule has 1 amide bonds. The molecule has 1 atom stereocenters. The summed E-state index contributed by atoms with van der Waals surface area (Å²) in [4.78, 5) is 21.2. The monoisotopic (exact) mass is 363 g/mol. The Balaban J connectivity index is 1.54. The molecule has 1 aliphatic rings. The molecule has 140 valence electrons. The van der Waals surface area contributed by atoms with Gasteiger partial charge >= 0.3 is 0 Å². The molecule has 0 bridgehead atoms. The number of aryl methyl sites for hydroxylation is 1. The Labute approximate surface area is 159 Å². The van der Waals surface area contributed by atoms with Crippen molar-refractivity contribution in [1.82, 2.24) is 24.9 Å². The zero-order valence-corrected chi connectivity index (χ0v) is 16.0. The number of aromatic nitrogens is 4. The molecule has 1 N–H and O–H groups in total. The van der Waals surface area contributed by atoms with Gasteiger partial charge in [-0.2, -0.15) is 4.98 Å². The molecule has 4 rings (SSSR count). The Morgan fingerprint density at radius 2 is 1.96 bits per heavy atom. The van der Waals surface area contributed by atoms with Gasteiger partial charge in [0.2, 0.25) is 5.82 Å². The molecule has 2 aromatic heterocycles. The molecular formula is C21H25N5O. The maximum absolute atomic E-state index is 12.8. The molecule has 1 fully saturated rings. The molecule has 0 spiro atoms. The Kier molecular flexibility index (Phi) is 4.64. The molecule has 1 aliphatic carbocycles. The van der Waals surface area contributed by atoms with Crippen molar-refractivity contribution < 1.29 is 4.79 Å². The summed E-state index contributed by atoms with van der Waals surface area (Å²) in [6.07, 6.45) is 5.01. The predicted octanol–water partition coefficient (Wildman–Crippen LogP) is 3.51. The van der Waals surface area contributed by atoms with Crippen LogP contribution in [0.3, 0.4) is 0 Å². The summed E-state index contributed by atoms with van der Waals surface area (Å²) in [7, 11) is 0. The highest BCUT2D eigenvalue weighted by Gasteiger charge is 2.34. The van der Waals surface area contributed by atoms with Crippen molar-refractivity contribution in [3.8, 4) is 0 Å². The lowest BCUT2D eigenvalue weighted by Crippen LogP contribution is -2.30. The van der Waals surface area contributed by atoms with Crippen molar-refractivity contribution in [2.24, 2.45) is 11.8 Å². The van der Waals surface area contributed by atoms with Crippen LogP contribution in [-0.4, -0.2) is 25.5 Å². The van der Waals surface area contributed by atoms with Crippen LogP contribution in [0.5, 0.6) is 0 Å². The molecule has 1 aromatic carbocycles. The first-order valence-electron chi connectivity index (χ1n) is 9.59. The van der Waals surface area contributed by atoms with Crippen LogP contribution in [-0.2, 0) is 6.42 Å². The van der Waals surface area contributed by atoms with E-state index in [-0.39, 0.29) is 17.8 Å². The maximum Gasteiger partial charge on any atom is 0.291 e. The smallest absolute Gasteiger partial charge is 0.291 e. The van der Waals surface area contributed by atoms with Crippen LogP contribution in [0.1, 0.15) is 60.2 Å². The van der Waals surface area contributed by atoms with Gasteiger partial charge in [0.25, 0.3) is 11.7 Å². The SMILES string of the molecule is Cc1ccnc2nc(C(=O)NC(c3ccc(CC(C)C)cc3)C3CC3)nn12. The van der Waals surface area contributed by atoms with Crippen molar-refractivity contribution in [3.05, 3.63) is 59.2 Å². The van der Waals surface area contributed by atoms with Crippen molar-refractivity contribution in [2.45, 2.75) is 46.1 Å². The van der Waals surface area contributed by atoms with E-state index < -0.39 is 0 Å². The fourth-order valence-corrected chi connectivity index (χ4v) is 3.44. The average molecular weight is 363 g/mol. The standard InChI is InChI=1S/C21H25N5O/c1-13(2)12-15-4-6-16(7-5-15)18(17-8-9-17)23-20(27)19-24-21-22-11-10-14(3)26(21)25-19/h4-7,10-11,13,17-18H,8-9,12H2,1-3H3,(H,23,27). The van der Waals surface area contributed by atoms with E-state index in [4.69, 9.17) is 0 Å². The van der Waals surface area contributed by atoms with Crippen LogP contribution in [0.25, 0.3) is 5.78 Å². The summed E-state index contributed by atoms with van der Waals surface area (Å²) < 4.78 is 1.60. The molecule has 0 radical (unpaired) electrons. The van der Waals surface area contributed by atoms with Gasteiger partial charge < -0.3 is 5.32 Å². The van der Waals surface area contributed by atoms with E-state index >= 15 is 0 Å². The predicted molar refractivity (Wildman–Crippen MR) is 103 cm³/mol. The molecule has 27 heavy (non-hydrogen) atoms. The number of carbonyl (C=O) groups is 1. The number of hydrogen-bond acceptors (Lipinski definition) is 4. The molecule has 0 saturated heterocycles. The third kappa shape index (κ3) is 3.84. The van der Waals surface area contributed by atoms with E-state index in [2.05, 4.69) is 58.5 Å². The quantitative estimate of drug-likeness (QED) is 0.727. The third-order valence-corrected chi connectivity index (χ3v) is 5.00. The molecule has 6 nitrogen and oxygen atoms in total. The summed E-state index contributed by atoms with van der Waals surface area (Å²) in [5, 5.41) is 7.46. The van der Waals surface area contributed by atoms with Gasteiger partial charge in [-0.05, 0) is 55.2 Å². The topological polar surface area (TPSA) is 72.2 Å². The van der Waals surface area contributed by atoms with Gasteiger partial charge in [-0.1, -0.05) is 38.1 Å². The van der Waals surface area contributed by atoms with E-state index in [0.717, 1.165) is 30.5 Å². The van der Waals surface area contributed by atoms with Crippen LogP contribution in [0, 0.1) is 18.8 Å². The van der Waals surface area contributed by atoms with Gasteiger partial charge in [-0.15, -0.1) is 5.10 Å². The molecule has 6 heteroatoms. The molecule has 2 heterocycles. The van der Waals surface area contributed by atoms with E-state index in [9.17, 15) is 4.79 Å². The summed E-state index contributed by atoms with van der Waals surface area (Å²) >= 11 is 0. The zero-order chi connectivity index (χ0) is 19.0. The molecule has 1 unspecified atom stereocenters. The van der Waals surface area contributed by atoms with Crippen LogP contribution in [0.2, 0.25) is 0 Å². The average Bonchev–Trinajstić information content (AvgIpc) is 3.38. The number of carbonyl (C=O) groups excluding carboxylic acids is 1. The lowest BCUT2D eigenvalue weighted by molar-refractivity contribution is 0.0921. The van der Waals surface area contributed by atoms with Gasteiger partial charge in [-0.3, -0.25) is 4.79 Å². The first kappa shape index (κ1) is 17.6. The summed E-state index contributed by atoms with van der Waals surface area (Å²) in [6.45, 7) is 6.36. The van der Waals surface area contributed by atoms with Gasteiger partial charge in [0.15, 0.2) is 0 Å². The van der Waals surface area contributed by atoms with Gasteiger partial charge in [-0.25, -0.2) is 9.50 Å². The van der Waals surface area contributed by atoms with E-state index in [1.807, 2.05) is 13.0 Å². The Morgan fingerprint density at radius 1 is 1.22 bits per heavy atom. The van der Waals surface area contributed by atoms with Crippen LogP contribution < -0.4 is 5.32 Å². The highest BCUT2D eigenvalue weighted by atomic mass is 16.2. The number of fused-ring (bicyclic) bond motifs is 1. The van der Waals surface area contributed by atoms with E-state index in [0.29, 0.717) is 17.6 Å². The fourth-order valence-electron chi connectivity index (χ4n) is 3.44.